The zero-order chi connectivity index (χ0) is 21.6. The third kappa shape index (κ3) is 9.49. The number of rotatable bonds is 12. The lowest BCUT2D eigenvalue weighted by Crippen LogP contribution is -2.33. The fourth-order valence-corrected chi connectivity index (χ4v) is 3.70. The van der Waals surface area contributed by atoms with Gasteiger partial charge in [-0.1, -0.05) is 45.8 Å². The van der Waals surface area contributed by atoms with Crippen molar-refractivity contribution in [2.45, 2.75) is 90.7 Å². The van der Waals surface area contributed by atoms with E-state index >= 15 is 0 Å². The van der Waals surface area contributed by atoms with E-state index in [9.17, 15) is 14.7 Å². The van der Waals surface area contributed by atoms with Crippen molar-refractivity contribution in [3.8, 4) is 11.8 Å². The van der Waals surface area contributed by atoms with E-state index in [2.05, 4.69) is 30.4 Å². The zero-order valence-corrected chi connectivity index (χ0v) is 18.7. The van der Waals surface area contributed by atoms with Crippen LogP contribution in [-0.2, 0) is 14.3 Å². The van der Waals surface area contributed by atoms with Crippen LogP contribution in [0.15, 0.2) is 12.2 Å². The topological polar surface area (TPSA) is 66.8 Å². The Morgan fingerprint density at radius 1 is 1.28 bits per heavy atom. The maximum atomic E-state index is 12.2. The van der Waals surface area contributed by atoms with Crippen molar-refractivity contribution in [3.05, 3.63) is 12.2 Å². The highest BCUT2D eigenvalue weighted by molar-refractivity contribution is 5.79. The molecule has 164 valence electrons. The summed E-state index contributed by atoms with van der Waals surface area (Å²) in [5, 5.41) is 10.6. The number of hydrogen-bond donors (Lipinski definition) is 1. The molecule has 0 aromatic carbocycles. The number of ether oxygens (including phenoxy) is 1. The molecule has 0 unspecified atom stereocenters. The minimum Gasteiger partial charge on any atom is -0.469 e. The molecule has 0 spiro atoms. The molecule has 0 bridgehead atoms. The molecular formula is C24H39NO4. The third-order valence-corrected chi connectivity index (χ3v) is 5.60. The van der Waals surface area contributed by atoms with E-state index in [0.29, 0.717) is 25.2 Å². The standard InChI is InChI=1S/C24H39NO4/c1-5-6-9-12-21(19(2)3)22(26)16-14-20-15-17-23(27)25(20)18-11-8-7-10-13-24(28)29-4/h14,16,19-22,26H,5,7-8,10-13,15,17-18H2,1-4H3/b16-14+/t20-,21+,22+/m0/s1. The van der Waals surface area contributed by atoms with Gasteiger partial charge in [-0.05, 0) is 25.2 Å². The van der Waals surface area contributed by atoms with Gasteiger partial charge in [-0.3, -0.25) is 9.59 Å². The van der Waals surface area contributed by atoms with Gasteiger partial charge in [0.05, 0.1) is 19.3 Å². The van der Waals surface area contributed by atoms with Gasteiger partial charge in [-0.25, -0.2) is 0 Å². The molecule has 0 aromatic rings. The summed E-state index contributed by atoms with van der Waals surface area (Å²) in [6.07, 6.45) is 10.4. The maximum Gasteiger partial charge on any atom is 0.305 e. The Labute approximate surface area is 176 Å². The summed E-state index contributed by atoms with van der Waals surface area (Å²) < 4.78 is 4.64. The largest absolute Gasteiger partial charge is 0.469 e. The molecule has 1 N–H and O–H groups in total. The highest BCUT2D eigenvalue weighted by atomic mass is 16.5. The second kappa shape index (κ2) is 14.2. The van der Waals surface area contributed by atoms with Gasteiger partial charge in [0.2, 0.25) is 5.91 Å². The van der Waals surface area contributed by atoms with Crippen molar-refractivity contribution in [2.24, 2.45) is 11.8 Å². The highest BCUT2D eigenvalue weighted by Crippen LogP contribution is 2.24. The molecular weight excluding hydrogens is 366 g/mol. The Morgan fingerprint density at radius 3 is 2.66 bits per heavy atom. The molecule has 1 amide bonds. The van der Waals surface area contributed by atoms with Gasteiger partial charge in [0, 0.05) is 38.1 Å². The molecule has 1 rings (SSSR count). The smallest absolute Gasteiger partial charge is 0.305 e. The predicted octanol–water partition coefficient (Wildman–Crippen LogP) is 4.09. The number of amides is 1. The monoisotopic (exact) mass is 405 g/mol. The first-order valence-corrected chi connectivity index (χ1v) is 11.1. The Morgan fingerprint density at radius 2 is 2.00 bits per heavy atom. The molecule has 1 fully saturated rings. The molecule has 1 heterocycles. The van der Waals surface area contributed by atoms with Crippen LogP contribution in [0.2, 0.25) is 0 Å². The second-order valence-corrected chi connectivity index (χ2v) is 8.13. The molecule has 0 aliphatic carbocycles. The van der Waals surface area contributed by atoms with Gasteiger partial charge in [-0.15, -0.1) is 11.8 Å². The molecule has 29 heavy (non-hydrogen) atoms. The van der Waals surface area contributed by atoms with Gasteiger partial charge in [-0.2, -0.15) is 0 Å². The van der Waals surface area contributed by atoms with Crippen molar-refractivity contribution in [1.82, 2.24) is 4.90 Å². The van der Waals surface area contributed by atoms with Crippen LogP contribution < -0.4 is 0 Å². The van der Waals surface area contributed by atoms with Crippen molar-refractivity contribution in [2.75, 3.05) is 13.7 Å². The normalized spacial score (nSPS) is 18.8. The number of methoxy groups -OCH3 is 1. The highest BCUT2D eigenvalue weighted by Gasteiger charge is 2.29. The van der Waals surface area contributed by atoms with Crippen LogP contribution in [0.5, 0.6) is 0 Å². The van der Waals surface area contributed by atoms with Crippen molar-refractivity contribution >= 4 is 11.9 Å². The lowest BCUT2D eigenvalue weighted by Gasteiger charge is -2.25. The van der Waals surface area contributed by atoms with Crippen LogP contribution in [0.4, 0.5) is 0 Å². The first-order valence-electron chi connectivity index (χ1n) is 11.1. The summed E-state index contributed by atoms with van der Waals surface area (Å²) >= 11 is 0. The number of likely N-dealkylation sites (tertiary alicyclic amines) is 1. The number of carbonyl (C=O) groups excluding carboxylic acids is 2. The van der Waals surface area contributed by atoms with E-state index in [1.54, 1.807) is 0 Å². The Kier molecular flexibility index (Phi) is 12.4. The molecule has 0 radical (unpaired) electrons. The molecule has 1 aliphatic rings. The van der Waals surface area contributed by atoms with E-state index < -0.39 is 6.10 Å². The van der Waals surface area contributed by atoms with Crippen LogP contribution in [0.1, 0.15) is 78.6 Å². The Hall–Kier alpha value is -1.80. The van der Waals surface area contributed by atoms with Crippen LogP contribution in [-0.4, -0.2) is 47.7 Å². The Balaban J connectivity index is 2.49. The van der Waals surface area contributed by atoms with Crippen molar-refractivity contribution < 1.29 is 19.4 Å². The minimum absolute atomic E-state index is 0.0711. The van der Waals surface area contributed by atoms with Crippen LogP contribution >= 0.6 is 0 Å². The first-order chi connectivity index (χ1) is 13.9. The van der Waals surface area contributed by atoms with Crippen LogP contribution in [0.3, 0.4) is 0 Å². The molecule has 5 heteroatoms. The molecule has 0 aromatic heterocycles. The lowest BCUT2D eigenvalue weighted by atomic mass is 9.87. The fraction of sp³-hybridized carbons (Fsp3) is 0.750. The van der Waals surface area contributed by atoms with E-state index in [1.807, 2.05) is 24.0 Å². The number of unbranched alkanes of at least 4 members (excludes halogenated alkanes) is 3. The van der Waals surface area contributed by atoms with Gasteiger partial charge >= 0.3 is 5.97 Å². The number of aliphatic hydroxyl groups excluding tert-OH is 1. The van der Waals surface area contributed by atoms with Crippen molar-refractivity contribution in [1.29, 1.82) is 0 Å². The van der Waals surface area contributed by atoms with Gasteiger partial charge in [0.25, 0.3) is 0 Å². The number of nitrogens with zero attached hydrogens (tertiary/aromatic N) is 1. The molecule has 3 atom stereocenters. The maximum absolute atomic E-state index is 12.2. The quantitative estimate of drug-likeness (QED) is 0.230. The molecule has 1 aliphatic heterocycles. The van der Waals surface area contributed by atoms with E-state index in [0.717, 1.165) is 45.1 Å². The summed E-state index contributed by atoms with van der Waals surface area (Å²) in [4.78, 5) is 25.3. The number of esters is 1. The SMILES string of the molecule is CCC#CC[C@H](C(C)C)[C@H](O)/C=C/[C@H]1CCC(=O)N1CCCCCCC(=O)OC. The predicted molar refractivity (Wildman–Crippen MR) is 116 cm³/mol. The summed E-state index contributed by atoms with van der Waals surface area (Å²) in [5.41, 5.74) is 0. The minimum atomic E-state index is -0.544. The Bertz CT molecular complexity index is 587. The lowest BCUT2D eigenvalue weighted by molar-refractivity contribution is -0.140. The fourth-order valence-electron chi connectivity index (χ4n) is 3.70. The number of aliphatic hydroxyl groups is 1. The van der Waals surface area contributed by atoms with Crippen LogP contribution in [0, 0.1) is 23.7 Å². The third-order valence-electron chi connectivity index (χ3n) is 5.60. The first kappa shape index (κ1) is 25.2. The number of carbonyl (C=O) groups is 2. The molecule has 5 nitrogen and oxygen atoms in total. The average Bonchev–Trinajstić information content (AvgIpc) is 3.05. The zero-order valence-electron chi connectivity index (χ0n) is 18.7. The summed E-state index contributed by atoms with van der Waals surface area (Å²) in [5.74, 6) is 6.71. The van der Waals surface area contributed by atoms with E-state index in [1.165, 1.54) is 7.11 Å². The van der Waals surface area contributed by atoms with Crippen molar-refractivity contribution in [3.63, 3.8) is 0 Å². The summed E-state index contributed by atoms with van der Waals surface area (Å²) in [6, 6.07) is 0.0711. The van der Waals surface area contributed by atoms with Gasteiger partial charge < -0.3 is 14.7 Å². The number of hydrogen-bond acceptors (Lipinski definition) is 4. The van der Waals surface area contributed by atoms with E-state index in [4.69, 9.17) is 0 Å². The van der Waals surface area contributed by atoms with Gasteiger partial charge in [0.15, 0.2) is 0 Å². The molecule has 0 saturated carbocycles. The summed E-state index contributed by atoms with van der Waals surface area (Å²) in [6.45, 7) is 6.98. The van der Waals surface area contributed by atoms with Gasteiger partial charge in [0.1, 0.15) is 0 Å². The van der Waals surface area contributed by atoms with E-state index in [-0.39, 0.29) is 23.8 Å². The summed E-state index contributed by atoms with van der Waals surface area (Å²) in [7, 11) is 1.41. The second-order valence-electron chi connectivity index (χ2n) is 8.13. The van der Waals surface area contributed by atoms with Crippen LogP contribution in [0.25, 0.3) is 0 Å². The molecule has 1 saturated heterocycles. The average molecular weight is 406 g/mol.